The van der Waals surface area contributed by atoms with Crippen molar-refractivity contribution in [3.8, 4) is 0 Å². The molecule has 2 aromatic carbocycles. The predicted octanol–water partition coefficient (Wildman–Crippen LogP) is 3.82. The lowest BCUT2D eigenvalue weighted by atomic mass is 10.1. The molecule has 3 rings (SSSR count). The maximum Gasteiger partial charge on any atom is 0.248 e. The molecular formula is C21H24N2O3S. The summed E-state index contributed by atoms with van der Waals surface area (Å²) in [7, 11) is -3.45. The Morgan fingerprint density at radius 1 is 1.00 bits per heavy atom. The highest BCUT2D eigenvalue weighted by molar-refractivity contribution is 7.89. The van der Waals surface area contributed by atoms with E-state index in [9.17, 15) is 13.2 Å². The number of hydrogen-bond acceptors (Lipinski definition) is 3. The molecule has 1 aliphatic rings. The highest BCUT2D eigenvalue weighted by atomic mass is 32.2. The van der Waals surface area contributed by atoms with Gasteiger partial charge in [-0.2, -0.15) is 4.31 Å². The van der Waals surface area contributed by atoms with E-state index in [1.165, 1.54) is 10.4 Å². The van der Waals surface area contributed by atoms with Crippen molar-refractivity contribution >= 4 is 27.7 Å². The van der Waals surface area contributed by atoms with Gasteiger partial charge in [-0.1, -0.05) is 30.7 Å². The normalized spacial score (nSPS) is 15.7. The summed E-state index contributed by atoms with van der Waals surface area (Å²) < 4.78 is 26.8. The number of piperidine rings is 1. The van der Waals surface area contributed by atoms with Crippen LogP contribution in [0.1, 0.15) is 30.4 Å². The van der Waals surface area contributed by atoms with E-state index in [4.69, 9.17) is 0 Å². The summed E-state index contributed by atoms with van der Waals surface area (Å²) in [6, 6.07) is 14.1. The van der Waals surface area contributed by atoms with Crippen molar-refractivity contribution < 1.29 is 13.2 Å². The first kappa shape index (κ1) is 19.3. The first-order chi connectivity index (χ1) is 13.0. The van der Waals surface area contributed by atoms with Gasteiger partial charge >= 0.3 is 0 Å². The molecule has 1 saturated heterocycles. The average Bonchev–Trinajstić information content (AvgIpc) is 2.68. The Balaban J connectivity index is 1.65. The van der Waals surface area contributed by atoms with Crippen LogP contribution in [0.3, 0.4) is 0 Å². The molecule has 1 heterocycles. The minimum Gasteiger partial charge on any atom is -0.323 e. The van der Waals surface area contributed by atoms with Crippen molar-refractivity contribution in [1.29, 1.82) is 0 Å². The molecule has 0 atom stereocenters. The Morgan fingerprint density at radius 2 is 1.67 bits per heavy atom. The van der Waals surface area contributed by atoms with Gasteiger partial charge in [0.25, 0.3) is 0 Å². The molecule has 1 aliphatic heterocycles. The van der Waals surface area contributed by atoms with Gasteiger partial charge < -0.3 is 5.32 Å². The Morgan fingerprint density at radius 3 is 2.33 bits per heavy atom. The quantitative estimate of drug-likeness (QED) is 0.797. The third-order valence-electron chi connectivity index (χ3n) is 4.68. The number of carbonyl (C=O) groups is 1. The third kappa shape index (κ3) is 4.84. The van der Waals surface area contributed by atoms with Crippen molar-refractivity contribution in [2.24, 2.45) is 0 Å². The number of nitrogens with zero attached hydrogens (tertiary/aromatic N) is 1. The summed E-state index contributed by atoms with van der Waals surface area (Å²) in [5.41, 5.74) is 2.64. The van der Waals surface area contributed by atoms with Gasteiger partial charge in [-0.05, 0) is 61.2 Å². The van der Waals surface area contributed by atoms with Crippen LogP contribution < -0.4 is 5.32 Å². The molecule has 0 saturated carbocycles. The fourth-order valence-electron chi connectivity index (χ4n) is 3.09. The van der Waals surface area contributed by atoms with Crippen LogP contribution in [0, 0.1) is 6.92 Å². The number of benzene rings is 2. The van der Waals surface area contributed by atoms with E-state index >= 15 is 0 Å². The fourth-order valence-corrected chi connectivity index (χ4v) is 4.60. The lowest BCUT2D eigenvalue weighted by Gasteiger charge is -2.25. The summed E-state index contributed by atoms with van der Waals surface area (Å²) in [6.07, 6.45) is 6.12. The van der Waals surface area contributed by atoms with E-state index in [2.05, 4.69) is 5.32 Å². The summed E-state index contributed by atoms with van der Waals surface area (Å²) in [6.45, 7) is 3.13. The molecule has 0 radical (unpaired) electrons. The predicted molar refractivity (Wildman–Crippen MR) is 108 cm³/mol. The van der Waals surface area contributed by atoms with E-state index in [0.29, 0.717) is 18.8 Å². The fraction of sp³-hybridized carbons (Fsp3) is 0.286. The summed E-state index contributed by atoms with van der Waals surface area (Å²) in [5, 5.41) is 2.76. The summed E-state index contributed by atoms with van der Waals surface area (Å²) in [5.74, 6) is -0.259. The van der Waals surface area contributed by atoms with Crippen molar-refractivity contribution in [2.45, 2.75) is 31.1 Å². The lowest BCUT2D eigenvalue weighted by molar-refractivity contribution is -0.111. The summed E-state index contributed by atoms with van der Waals surface area (Å²) >= 11 is 0. The number of sulfonamides is 1. The number of aryl methyl sites for hydroxylation is 1. The SMILES string of the molecule is Cc1ccccc1/C=C/C(=O)Nc1ccc(S(=O)(=O)N2CCCCC2)cc1. The van der Waals surface area contributed by atoms with Gasteiger partial charge in [0, 0.05) is 24.9 Å². The second-order valence-corrected chi connectivity index (χ2v) is 8.61. The molecular weight excluding hydrogens is 360 g/mol. The molecule has 0 aliphatic carbocycles. The molecule has 5 nitrogen and oxygen atoms in total. The second-order valence-electron chi connectivity index (χ2n) is 6.67. The maximum absolute atomic E-state index is 12.6. The number of carbonyl (C=O) groups excluding carboxylic acids is 1. The van der Waals surface area contributed by atoms with E-state index in [1.807, 2.05) is 31.2 Å². The topological polar surface area (TPSA) is 66.5 Å². The van der Waals surface area contributed by atoms with Gasteiger partial charge in [0.15, 0.2) is 0 Å². The maximum atomic E-state index is 12.6. The minimum atomic E-state index is -3.45. The number of amides is 1. The molecule has 0 aromatic heterocycles. The first-order valence-electron chi connectivity index (χ1n) is 9.12. The second kappa shape index (κ2) is 8.50. The standard InChI is InChI=1S/C21H24N2O3S/c1-17-7-3-4-8-18(17)9-14-21(24)22-19-10-12-20(13-11-19)27(25,26)23-15-5-2-6-16-23/h3-4,7-14H,2,5-6,15-16H2,1H3,(H,22,24)/b14-9+. The zero-order chi connectivity index (χ0) is 19.3. The van der Waals surface area contributed by atoms with Crippen LogP contribution in [0.5, 0.6) is 0 Å². The smallest absolute Gasteiger partial charge is 0.248 e. The van der Waals surface area contributed by atoms with E-state index < -0.39 is 10.0 Å². The van der Waals surface area contributed by atoms with Crippen LogP contribution in [-0.4, -0.2) is 31.7 Å². The van der Waals surface area contributed by atoms with Gasteiger partial charge in [0.1, 0.15) is 0 Å². The average molecular weight is 385 g/mol. The van der Waals surface area contributed by atoms with Crippen LogP contribution in [0.25, 0.3) is 6.08 Å². The summed E-state index contributed by atoms with van der Waals surface area (Å²) in [4.78, 5) is 12.4. The Labute approximate surface area is 160 Å². The zero-order valence-electron chi connectivity index (χ0n) is 15.4. The van der Waals surface area contributed by atoms with Gasteiger partial charge in [0.2, 0.25) is 15.9 Å². The highest BCUT2D eigenvalue weighted by Gasteiger charge is 2.25. The minimum absolute atomic E-state index is 0.259. The molecule has 6 heteroatoms. The molecule has 1 amide bonds. The largest absolute Gasteiger partial charge is 0.323 e. The Bertz CT molecular complexity index is 928. The van der Waals surface area contributed by atoms with Gasteiger partial charge in [-0.15, -0.1) is 0 Å². The molecule has 2 aromatic rings. The van der Waals surface area contributed by atoms with Gasteiger partial charge in [-0.25, -0.2) is 8.42 Å². The first-order valence-corrected chi connectivity index (χ1v) is 10.6. The number of anilines is 1. The molecule has 142 valence electrons. The van der Waals surface area contributed by atoms with E-state index in [-0.39, 0.29) is 10.8 Å². The van der Waals surface area contributed by atoms with Crippen molar-refractivity contribution in [1.82, 2.24) is 4.31 Å². The highest BCUT2D eigenvalue weighted by Crippen LogP contribution is 2.22. The van der Waals surface area contributed by atoms with Crippen LogP contribution in [0.15, 0.2) is 59.5 Å². The number of rotatable bonds is 5. The van der Waals surface area contributed by atoms with E-state index in [0.717, 1.165) is 30.4 Å². The molecule has 1 fully saturated rings. The number of hydrogen-bond donors (Lipinski definition) is 1. The van der Waals surface area contributed by atoms with Crippen molar-refractivity contribution in [3.63, 3.8) is 0 Å². The van der Waals surface area contributed by atoms with Gasteiger partial charge in [-0.3, -0.25) is 4.79 Å². The Hall–Kier alpha value is -2.44. The van der Waals surface area contributed by atoms with Crippen LogP contribution in [0.2, 0.25) is 0 Å². The van der Waals surface area contributed by atoms with E-state index in [1.54, 1.807) is 30.3 Å². The third-order valence-corrected chi connectivity index (χ3v) is 6.59. The van der Waals surface area contributed by atoms with Crippen LogP contribution in [0.4, 0.5) is 5.69 Å². The lowest BCUT2D eigenvalue weighted by Crippen LogP contribution is -2.35. The molecule has 0 unspecified atom stereocenters. The van der Waals surface area contributed by atoms with Gasteiger partial charge in [0.05, 0.1) is 4.90 Å². The van der Waals surface area contributed by atoms with Crippen molar-refractivity contribution in [3.05, 3.63) is 65.7 Å². The zero-order valence-corrected chi connectivity index (χ0v) is 16.2. The monoisotopic (exact) mass is 384 g/mol. The molecule has 27 heavy (non-hydrogen) atoms. The molecule has 0 spiro atoms. The molecule has 1 N–H and O–H groups in total. The van der Waals surface area contributed by atoms with Crippen molar-refractivity contribution in [2.75, 3.05) is 18.4 Å². The van der Waals surface area contributed by atoms with Crippen LogP contribution >= 0.6 is 0 Å². The number of nitrogens with one attached hydrogen (secondary N) is 1. The Kier molecular flexibility index (Phi) is 6.08. The van der Waals surface area contributed by atoms with Crippen LogP contribution in [-0.2, 0) is 14.8 Å². The molecule has 0 bridgehead atoms.